The van der Waals surface area contributed by atoms with E-state index in [9.17, 15) is 4.79 Å². The molecule has 0 aliphatic rings. The largest absolute Gasteiger partial charge is 0.369 e. The highest BCUT2D eigenvalue weighted by Crippen LogP contribution is 2.08. The predicted octanol–water partition coefficient (Wildman–Crippen LogP) is 3.72. The van der Waals surface area contributed by atoms with Gasteiger partial charge in [-0.2, -0.15) is 0 Å². The zero-order valence-electron chi connectivity index (χ0n) is 12.9. The first kappa shape index (κ1) is 15.9. The molecular formula is C17H22N4O. The van der Waals surface area contributed by atoms with Crippen molar-refractivity contribution in [1.29, 1.82) is 0 Å². The summed E-state index contributed by atoms with van der Waals surface area (Å²) in [4.78, 5) is 20.4. The van der Waals surface area contributed by atoms with Crippen LogP contribution in [0.25, 0.3) is 0 Å². The predicted molar refractivity (Wildman–Crippen MR) is 89.1 cm³/mol. The molecule has 0 radical (unpaired) electrons. The molecule has 0 aliphatic carbocycles. The molecule has 2 rings (SSSR count). The number of carbonyl (C=O) groups is 1. The van der Waals surface area contributed by atoms with Crippen LogP contribution in [0.5, 0.6) is 0 Å². The van der Waals surface area contributed by atoms with Crippen LogP contribution in [0.4, 0.5) is 11.5 Å². The van der Waals surface area contributed by atoms with Crippen molar-refractivity contribution in [3.05, 3.63) is 48.4 Å². The quantitative estimate of drug-likeness (QED) is 0.729. The van der Waals surface area contributed by atoms with E-state index < -0.39 is 0 Å². The lowest BCUT2D eigenvalue weighted by Gasteiger charge is -2.06. The van der Waals surface area contributed by atoms with Crippen LogP contribution in [-0.2, 0) is 0 Å². The van der Waals surface area contributed by atoms with E-state index in [0.29, 0.717) is 11.5 Å². The van der Waals surface area contributed by atoms with Gasteiger partial charge in [-0.05, 0) is 18.6 Å². The first-order valence-electron chi connectivity index (χ1n) is 7.72. The Morgan fingerprint density at radius 1 is 1.05 bits per heavy atom. The molecule has 1 amide bonds. The lowest BCUT2D eigenvalue weighted by Crippen LogP contribution is -2.14. The molecule has 0 bridgehead atoms. The van der Waals surface area contributed by atoms with E-state index in [1.807, 2.05) is 30.3 Å². The Morgan fingerprint density at radius 2 is 1.86 bits per heavy atom. The summed E-state index contributed by atoms with van der Waals surface area (Å²) in [6, 6.07) is 9.30. The molecule has 1 heterocycles. The number of rotatable bonds is 8. The number of carbonyl (C=O) groups excluding carboxylic acids is 1. The zero-order valence-corrected chi connectivity index (χ0v) is 12.9. The minimum atomic E-state index is -0.256. The number of unbranched alkanes of at least 4 members (excludes halogenated alkanes) is 3. The van der Waals surface area contributed by atoms with E-state index in [4.69, 9.17) is 0 Å². The highest BCUT2D eigenvalue weighted by atomic mass is 16.1. The normalized spacial score (nSPS) is 10.2. The van der Waals surface area contributed by atoms with Crippen LogP contribution in [0.15, 0.2) is 42.7 Å². The van der Waals surface area contributed by atoms with Crippen LogP contribution < -0.4 is 10.6 Å². The van der Waals surface area contributed by atoms with Crippen molar-refractivity contribution in [2.24, 2.45) is 0 Å². The van der Waals surface area contributed by atoms with Gasteiger partial charge in [-0.3, -0.25) is 4.79 Å². The second-order valence-electron chi connectivity index (χ2n) is 5.09. The van der Waals surface area contributed by atoms with Crippen molar-refractivity contribution in [3.8, 4) is 0 Å². The molecule has 0 spiro atoms. The minimum Gasteiger partial charge on any atom is -0.369 e. The van der Waals surface area contributed by atoms with Gasteiger partial charge < -0.3 is 10.6 Å². The summed E-state index contributed by atoms with van der Waals surface area (Å²) < 4.78 is 0. The number of hydrogen-bond acceptors (Lipinski definition) is 4. The molecule has 22 heavy (non-hydrogen) atoms. The van der Waals surface area contributed by atoms with E-state index in [1.165, 1.54) is 25.5 Å². The van der Waals surface area contributed by atoms with Gasteiger partial charge in [0.05, 0.1) is 12.4 Å². The van der Waals surface area contributed by atoms with Crippen LogP contribution in [0.2, 0.25) is 0 Å². The van der Waals surface area contributed by atoms with Crippen LogP contribution in [0, 0.1) is 0 Å². The fourth-order valence-electron chi connectivity index (χ4n) is 2.02. The number of benzene rings is 1. The zero-order chi connectivity index (χ0) is 15.6. The number of para-hydroxylation sites is 1. The maximum atomic E-state index is 12.0. The average molecular weight is 298 g/mol. The number of nitrogens with one attached hydrogen (secondary N) is 2. The van der Waals surface area contributed by atoms with Crippen LogP contribution in [0.1, 0.15) is 43.1 Å². The van der Waals surface area contributed by atoms with Gasteiger partial charge in [-0.25, -0.2) is 9.97 Å². The summed E-state index contributed by atoms with van der Waals surface area (Å²) in [5.41, 5.74) is 1.05. The highest BCUT2D eigenvalue weighted by Gasteiger charge is 2.08. The molecule has 5 heteroatoms. The van der Waals surface area contributed by atoms with Gasteiger partial charge in [0.15, 0.2) is 0 Å². The number of aromatic nitrogens is 2. The Kier molecular flexibility index (Phi) is 6.36. The molecule has 0 aliphatic heterocycles. The summed E-state index contributed by atoms with van der Waals surface area (Å²) in [5.74, 6) is 0.445. The molecule has 116 valence electrons. The summed E-state index contributed by atoms with van der Waals surface area (Å²) >= 11 is 0. The molecular weight excluding hydrogens is 276 g/mol. The molecule has 0 saturated heterocycles. The van der Waals surface area contributed by atoms with Gasteiger partial charge >= 0.3 is 0 Å². The van der Waals surface area contributed by atoms with Gasteiger partial charge in [-0.1, -0.05) is 44.4 Å². The third-order valence-electron chi connectivity index (χ3n) is 3.25. The third-order valence-corrected chi connectivity index (χ3v) is 3.25. The second-order valence-corrected chi connectivity index (χ2v) is 5.09. The van der Waals surface area contributed by atoms with E-state index in [0.717, 1.165) is 18.7 Å². The van der Waals surface area contributed by atoms with Crippen LogP contribution in [-0.4, -0.2) is 22.4 Å². The Labute approximate surface area is 131 Å². The van der Waals surface area contributed by atoms with Crippen LogP contribution in [0.3, 0.4) is 0 Å². The van der Waals surface area contributed by atoms with Crippen molar-refractivity contribution in [3.63, 3.8) is 0 Å². The molecule has 2 N–H and O–H groups in total. The molecule has 1 aromatic carbocycles. The van der Waals surface area contributed by atoms with Crippen molar-refractivity contribution < 1.29 is 4.79 Å². The first-order chi connectivity index (χ1) is 10.8. The summed E-state index contributed by atoms with van der Waals surface area (Å²) in [6.07, 6.45) is 7.91. The molecule has 0 saturated carbocycles. The lowest BCUT2D eigenvalue weighted by atomic mass is 10.2. The standard InChI is InChI=1S/C17H22N4O/c1-2-3-4-8-11-18-16-13-19-15(12-20-16)17(22)21-14-9-6-5-7-10-14/h5-7,9-10,12-13H,2-4,8,11H2,1H3,(H,18,20)(H,21,22). The highest BCUT2D eigenvalue weighted by molar-refractivity contribution is 6.02. The molecule has 2 aromatic rings. The fraction of sp³-hybridized carbons (Fsp3) is 0.353. The van der Waals surface area contributed by atoms with E-state index in [2.05, 4.69) is 27.5 Å². The molecule has 0 atom stereocenters. The summed E-state index contributed by atoms with van der Waals surface area (Å²) in [6.45, 7) is 3.07. The minimum absolute atomic E-state index is 0.256. The number of nitrogens with zero attached hydrogens (tertiary/aromatic N) is 2. The van der Waals surface area contributed by atoms with Gasteiger partial charge in [0.25, 0.3) is 5.91 Å². The average Bonchev–Trinajstić information content (AvgIpc) is 2.56. The van der Waals surface area contributed by atoms with E-state index in [-0.39, 0.29) is 5.91 Å². The molecule has 0 fully saturated rings. The second kappa shape index (κ2) is 8.77. The molecule has 0 unspecified atom stereocenters. The SMILES string of the molecule is CCCCCCNc1cnc(C(=O)Nc2ccccc2)cn1. The lowest BCUT2D eigenvalue weighted by molar-refractivity contribution is 0.102. The van der Waals surface area contributed by atoms with Crippen molar-refractivity contribution in [1.82, 2.24) is 9.97 Å². The van der Waals surface area contributed by atoms with Gasteiger partial charge in [0.2, 0.25) is 0 Å². The summed E-state index contributed by atoms with van der Waals surface area (Å²) in [5, 5.41) is 6.00. The maximum Gasteiger partial charge on any atom is 0.275 e. The smallest absolute Gasteiger partial charge is 0.275 e. The van der Waals surface area contributed by atoms with Crippen molar-refractivity contribution >= 4 is 17.4 Å². The molecule has 5 nitrogen and oxygen atoms in total. The first-order valence-corrected chi connectivity index (χ1v) is 7.72. The van der Waals surface area contributed by atoms with Crippen molar-refractivity contribution in [2.75, 3.05) is 17.2 Å². The van der Waals surface area contributed by atoms with Gasteiger partial charge in [0, 0.05) is 12.2 Å². The van der Waals surface area contributed by atoms with E-state index >= 15 is 0 Å². The molecule has 1 aromatic heterocycles. The Bertz CT molecular complexity index is 569. The Hall–Kier alpha value is -2.43. The Balaban J connectivity index is 1.82. The van der Waals surface area contributed by atoms with Crippen LogP contribution >= 0.6 is 0 Å². The number of hydrogen-bond donors (Lipinski definition) is 2. The van der Waals surface area contributed by atoms with E-state index in [1.54, 1.807) is 6.20 Å². The monoisotopic (exact) mass is 298 g/mol. The Morgan fingerprint density at radius 3 is 2.55 bits per heavy atom. The van der Waals surface area contributed by atoms with Crippen molar-refractivity contribution in [2.45, 2.75) is 32.6 Å². The number of amides is 1. The maximum absolute atomic E-state index is 12.0. The third kappa shape index (κ3) is 5.16. The topological polar surface area (TPSA) is 66.9 Å². The van der Waals surface area contributed by atoms with Gasteiger partial charge in [-0.15, -0.1) is 0 Å². The number of anilines is 2. The fourth-order valence-corrected chi connectivity index (χ4v) is 2.02. The van der Waals surface area contributed by atoms with Gasteiger partial charge in [0.1, 0.15) is 11.5 Å². The summed E-state index contributed by atoms with van der Waals surface area (Å²) in [7, 11) is 0.